The number of carbonyl (C=O) groups is 1. The van der Waals surface area contributed by atoms with Gasteiger partial charge in [0, 0.05) is 0 Å². The van der Waals surface area contributed by atoms with Crippen LogP contribution in [0.15, 0.2) is 41.0 Å². The molecule has 1 aromatic carbocycles. The minimum Gasteiger partial charge on any atom is -0.494 e. The highest BCUT2D eigenvalue weighted by atomic mass is 35.5. The fraction of sp³-hybridized carbons (Fsp3) is 0.312. The van der Waals surface area contributed by atoms with Gasteiger partial charge in [0.25, 0.3) is 5.91 Å². The first-order valence-corrected chi connectivity index (χ1v) is 6.95. The van der Waals surface area contributed by atoms with Gasteiger partial charge in [0.05, 0.1) is 24.8 Å². The highest BCUT2D eigenvalue weighted by Crippen LogP contribution is 2.19. The van der Waals surface area contributed by atoms with Crippen LogP contribution >= 0.6 is 12.4 Å². The van der Waals surface area contributed by atoms with E-state index in [0.29, 0.717) is 17.9 Å². The number of furan rings is 1. The Balaban J connectivity index is 0.00000242. The molecule has 2 rings (SSSR count). The van der Waals surface area contributed by atoms with Crippen LogP contribution in [0.2, 0.25) is 0 Å². The summed E-state index contributed by atoms with van der Waals surface area (Å²) in [5.41, 5.74) is 6.92. The van der Waals surface area contributed by atoms with Crippen molar-refractivity contribution < 1.29 is 13.9 Å². The molecule has 1 heterocycles. The summed E-state index contributed by atoms with van der Waals surface area (Å²) >= 11 is 0. The summed E-state index contributed by atoms with van der Waals surface area (Å²) < 4.78 is 10.6. The molecule has 1 aromatic heterocycles. The van der Waals surface area contributed by atoms with Crippen molar-refractivity contribution in [1.82, 2.24) is 5.32 Å². The van der Waals surface area contributed by atoms with Crippen molar-refractivity contribution in [3.63, 3.8) is 0 Å². The maximum atomic E-state index is 12.1. The molecule has 0 bridgehead atoms. The van der Waals surface area contributed by atoms with Crippen molar-refractivity contribution in [2.24, 2.45) is 5.73 Å². The van der Waals surface area contributed by atoms with Crippen molar-refractivity contribution in [3.05, 3.63) is 53.5 Å². The second-order valence-electron chi connectivity index (χ2n) is 4.71. The van der Waals surface area contributed by atoms with Crippen molar-refractivity contribution in [2.75, 3.05) is 6.61 Å². The molecule has 0 saturated carbocycles. The molecular weight excluding hydrogens is 304 g/mol. The lowest BCUT2D eigenvalue weighted by atomic mass is 10.1. The molecule has 0 saturated heterocycles. The van der Waals surface area contributed by atoms with Gasteiger partial charge in [-0.3, -0.25) is 4.79 Å². The second kappa shape index (κ2) is 8.46. The molecule has 0 aliphatic carbocycles. The molecule has 6 heteroatoms. The Kier molecular flexibility index (Phi) is 6.95. The first-order valence-electron chi connectivity index (χ1n) is 6.95. The van der Waals surface area contributed by atoms with Gasteiger partial charge >= 0.3 is 0 Å². The second-order valence-corrected chi connectivity index (χ2v) is 4.71. The fourth-order valence-electron chi connectivity index (χ4n) is 2.01. The van der Waals surface area contributed by atoms with Gasteiger partial charge in [-0.2, -0.15) is 0 Å². The summed E-state index contributed by atoms with van der Waals surface area (Å²) in [7, 11) is 0. The smallest absolute Gasteiger partial charge is 0.255 e. The number of nitrogens with two attached hydrogens (primary N) is 1. The van der Waals surface area contributed by atoms with Gasteiger partial charge in [0.1, 0.15) is 17.8 Å². The van der Waals surface area contributed by atoms with E-state index < -0.39 is 0 Å². The van der Waals surface area contributed by atoms with E-state index in [4.69, 9.17) is 14.9 Å². The van der Waals surface area contributed by atoms with Gasteiger partial charge in [-0.25, -0.2) is 0 Å². The Hall–Kier alpha value is -1.98. The summed E-state index contributed by atoms with van der Waals surface area (Å²) in [4.78, 5) is 12.1. The molecule has 120 valence electrons. The van der Waals surface area contributed by atoms with E-state index in [2.05, 4.69) is 5.32 Å². The number of hydrogen-bond acceptors (Lipinski definition) is 4. The number of nitrogens with one attached hydrogen (secondary N) is 1. The molecule has 5 nitrogen and oxygen atoms in total. The summed E-state index contributed by atoms with van der Waals surface area (Å²) in [6.45, 7) is 4.75. The number of benzene rings is 1. The standard InChI is InChI=1S/C16H20N2O3.ClH/c1-3-20-14-6-4-5-12(7-14)11(2)18-16(19)13-8-15(9-17)21-10-13;/h4-8,10-11H,3,9,17H2,1-2H3,(H,18,19);1H. The number of amides is 1. The average molecular weight is 325 g/mol. The van der Waals surface area contributed by atoms with Crippen LogP contribution in [0.3, 0.4) is 0 Å². The molecule has 0 aliphatic heterocycles. The molecular formula is C16H21ClN2O3. The third kappa shape index (κ3) is 4.51. The van der Waals surface area contributed by atoms with E-state index >= 15 is 0 Å². The van der Waals surface area contributed by atoms with E-state index in [1.165, 1.54) is 6.26 Å². The maximum Gasteiger partial charge on any atom is 0.255 e. The lowest BCUT2D eigenvalue weighted by molar-refractivity contribution is 0.0939. The van der Waals surface area contributed by atoms with Crippen LogP contribution in [-0.2, 0) is 6.54 Å². The zero-order valence-corrected chi connectivity index (χ0v) is 13.5. The Morgan fingerprint density at radius 2 is 2.18 bits per heavy atom. The van der Waals surface area contributed by atoms with Gasteiger partial charge in [-0.1, -0.05) is 12.1 Å². The molecule has 0 fully saturated rings. The summed E-state index contributed by atoms with van der Waals surface area (Å²) in [5.74, 6) is 1.20. The summed E-state index contributed by atoms with van der Waals surface area (Å²) in [5, 5.41) is 2.92. The topological polar surface area (TPSA) is 77.5 Å². The summed E-state index contributed by atoms with van der Waals surface area (Å²) in [6.07, 6.45) is 1.42. The van der Waals surface area contributed by atoms with E-state index in [-0.39, 0.29) is 30.9 Å². The normalized spacial score (nSPS) is 11.4. The Morgan fingerprint density at radius 1 is 1.41 bits per heavy atom. The molecule has 0 aliphatic rings. The number of rotatable bonds is 6. The fourth-order valence-corrected chi connectivity index (χ4v) is 2.01. The van der Waals surface area contributed by atoms with E-state index in [0.717, 1.165) is 11.3 Å². The predicted octanol–water partition coefficient (Wildman–Crippen LogP) is 3.05. The predicted molar refractivity (Wildman–Crippen MR) is 87.3 cm³/mol. The highest BCUT2D eigenvalue weighted by Gasteiger charge is 2.14. The van der Waals surface area contributed by atoms with Crippen LogP contribution in [0, 0.1) is 0 Å². The van der Waals surface area contributed by atoms with Crippen LogP contribution in [0.1, 0.15) is 41.6 Å². The quantitative estimate of drug-likeness (QED) is 0.856. The van der Waals surface area contributed by atoms with Crippen molar-refractivity contribution in [1.29, 1.82) is 0 Å². The molecule has 22 heavy (non-hydrogen) atoms. The van der Waals surface area contributed by atoms with E-state index in [1.54, 1.807) is 6.07 Å². The van der Waals surface area contributed by atoms with E-state index in [1.807, 2.05) is 38.1 Å². The third-order valence-electron chi connectivity index (χ3n) is 3.13. The van der Waals surface area contributed by atoms with Crippen molar-refractivity contribution in [2.45, 2.75) is 26.4 Å². The molecule has 1 atom stereocenters. The molecule has 2 aromatic rings. The Bertz CT molecular complexity index is 613. The number of carbonyl (C=O) groups excluding carboxylic acids is 1. The minimum atomic E-state index is -0.187. The van der Waals surface area contributed by atoms with Gasteiger partial charge in [0.2, 0.25) is 0 Å². The van der Waals surface area contributed by atoms with Crippen LogP contribution in [0.4, 0.5) is 0 Å². The van der Waals surface area contributed by atoms with Crippen molar-refractivity contribution in [3.8, 4) is 5.75 Å². The number of halogens is 1. The van der Waals surface area contributed by atoms with E-state index in [9.17, 15) is 4.79 Å². The maximum absolute atomic E-state index is 12.1. The van der Waals surface area contributed by atoms with Gasteiger partial charge in [-0.15, -0.1) is 12.4 Å². The summed E-state index contributed by atoms with van der Waals surface area (Å²) in [6, 6.07) is 9.20. The first-order chi connectivity index (χ1) is 10.1. The lowest BCUT2D eigenvalue weighted by Gasteiger charge is -2.15. The molecule has 1 amide bonds. The monoisotopic (exact) mass is 324 g/mol. The van der Waals surface area contributed by atoms with Crippen LogP contribution in [0.5, 0.6) is 5.75 Å². The highest BCUT2D eigenvalue weighted by molar-refractivity contribution is 5.94. The average Bonchev–Trinajstić information content (AvgIpc) is 2.97. The van der Waals surface area contributed by atoms with Gasteiger partial charge in [0.15, 0.2) is 0 Å². The largest absolute Gasteiger partial charge is 0.494 e. The number of hydrogen-bond donors (Lipinski definition) is 2. The third-order valence-corrected chi connectivity index (χ3v) is 3.13. The SMILES string of the molecule is CCOc1cccc(C(C)NC(=O)c2coc(CN)c2)c1.Cl. The molecule has 3 N–H and O–H groups in total. The van der Waals surface area contributed by atoms with Gasteiger partial charge < -0.3 is 20.2 Å². The van der Waals surface area contributed by atoms with Crippen molar-refractivity contribution >= 4 is 18.3 Å². The zero-order valence-electron chi connectivity index (χ0n) is 12.7. The minimum absolute atomic E-state index is 0. The molecule has 0 radical (unpaired) electrons. The van der Waals surface area contributed by atoms with Crippen LogP contribution < -0.4 is 15.8 Å². The Morgan fingerprint density at radius 3 is 2.82 bits per heavy atom. The van der Waals surface area contributed by atoms with Crippen LogP contribution in [0.25, 0.3) is 0 Å². The van der Waals surface area contributed by atoms with Gasteiger partial charge in [-0.05, 0) is 37.6 Å². The molecule has 0 spiro atoms. The number of ether oxygens (including phenoxy) is 1. The Labute approximate surface area is 136 Å². The zero-order chi connectivity index (χ0) is 15.2. The lowest BCUT2D eigenvalue weighted by Crippen LogP contribution is -2.26. The van der Waals surface area contributed by atoms with Crippen LogP contribution in [-0.4, -0.2) is 12.5 Å². The first kappa shape index (κ1) is 18.1. The molecule has 1 unspecified atom stereocenters.